The van der Waals surface area contributed by atoms with Gasteiger partial charge in [0.15, 0.2) is 0 Å². The number of hydrogen-bond donors (Lipinski definition) is 1. The van der Waals surface area contributed by atoms with E-state index in [4.69, 9.17) is 0 Å². The maximum absolute atomic E-state index is 12.5. The molecule has 1 fully saturated rings. The maximum atomic E-state index is 12.5. The topological polar surface area (TPSA) is 46.2 Å². The summed E-state index contributed by atoms with van der Waals surface area (Å²) in [5.74, 6) is -0.759. The molecule has 1 aliphatic carbocycles. The molecule has 0 atom stereocenters. The molecule has 0 bridgehead atoms. The Morgan fingerprint density at radius 2 is 1.59 bits per heavy atom. The third-order valence-electron chi connectivity index (χ3n) is 4.35. The third kappa shape index (κ3) is 1.99. The van der Waals surface area contributed by atoms with Crippen molar-refractivity contribution in [2.45, 2.75) is 12.8 Å². The average molecular weight is 309 g/mol. The van der Waals surface area contributed by atoms with Crippen LogP contribution in [0.2, 0.25) is 0 Å². The highest BCUT2D eigenvalue weighted by Crippen LogP contribution is 2.39. The highest BCUT2D eigenvalue weighted by Gasteiger charge is 2.32. The van der Waals surface area contributed by atoms with E-state index in [-0.39, 0.29) is 11.6 Å². The molecule has 4 heteroatoms. The van der Waals surface area contributed by atoms with Gasteiger partial charge < -0.3 is 5.32 Å². The summed E-state index contributed by atoms with van der Waals surface area (Å²) in [6.45, 7) is 1.89. The molecule has 1 aromatic heterocycles. The van der Waals surface area contributed by atoms with Crippen molar-refractivity contribution in [3.8, 4) is 0 Å². The maximum Gasteiger partial charge on any atom is 0.244 e. The van der Waals surface area contributed by atoms with Crippen LogP contribution in [0.4, 0.5) is 0 Å². The first-order chi connectivity index (χ1) is 10.8. The standard InChI is InChI=1S/C18H15NO2S/c20-16-13-4-2-1-3-12(13)15(11-5-8-19-9-6-11)14-7-10-22-18(14)17(16)21/h1-4,7,10,19H,5-6,8-9H2. The number of Topliss-reactive ketones (excluding diaryl/α,β-unsaturated/α-hetero) is 2. The van der Waals surface area contributed by atoms with Crippen LogP contribution in [0.5, 0.6) is 0 Å². The molecule has 2 aromatic rings. The first kappa shape index (κ1) is 13.6. The molecular formula is C18H15NO2S. The van der Waals surface area contributed by atoms with Crippen molar-refractivity contribution in [1.29, 1.82) is 0 Å². The van der Waals surface area contributed by atoms with Gasteiger partial charge >= 0.3 is 0 Å². The van der Waals surface area contributed by atoms with Gasteiger partial charge in [-0.1, -0.05) is 29.8 Å². The minimum atomic E-state index is -0.385. The van der Waals surface area contributed by atoms with Crippen molar-refractivity contribution in [1.82, 2.24) is 5.32 Å². The van der Waals surface area contributed by atoms with Crippen molar-refractivity contribution in [2.24, 2.45) is 0 Å². The Morgan fingerprint density at radius 3 is 2.36 bits per heavy atom. The van der Waals surface area contributed by atoms with Crippen molar-refractivity contribution >= 4 is 28.5 Å². The molecule has 2 heterocycles. The van der Waals surface area contributed by atoms with Crippen LogP contribution in [0, 0.1) is 0 Å². The summed E-state index contributed by atoms with van der Waals surface area (Å²) in [7, 11) is 0. The van der Waals surface area contributed by atoms with Gasteiger partial charge in [0.2, 0.25) is 11.6 Å². The van der Waals surface area contributed by atoms with E-state index in [0.717, 1.165) is 42.6 Å². The van der Waals surface area contributed by atoms with Gasteiger partial charge in [-0.2, -0.15) is 0 Å². The number of piperidine rings is 1. The normalized spacial score (nSPS) is 18.0. The number of fused-ring (bicyclic) bond motifs is 2. The highest BCUT2D eigenvalue weighted by molar-refractivity contribution is 7.13. The van der Waals surface area contributed by atoms with Crippen LogP contribution < -0.4 is 5.32 Å². The van der Waals surface area contributed by atoms with Crippen LogP contribution in [0.3, 0.4) is 0 Å². The molecule has 2 aliphatic rings. The van der Waals surface area contributed by atoms with Crippen molar-refractivity contribution < 1.29 is 9.59 Å². The van der Waals surface area contributed by atoms with Gasteiger partial charge in [0, 0.05) is 11.1 Å². The molecule has 22 heavy (non-hydrogen) atoms. The van der Waals surface area contributed by atoms with Gasteiger partial charge in [-0.05, 0) is 48.5 Å². The predicted octanol–water partition coefficient (Wildman–Crippen LogP) is 3.31. The summed E-state index contributed by atoms with van der Waals surface area (Å²) < 4.78 is 0. The van der Waals surface area contributed by atoms with Gasteiger partial charge in [-0.3, -0.25) is 9.59 Å². The molecule has 1 aliphatic heterocycles. The monoisotopic (exact) mass is 309 g/mol. The number of ketones is 2. The van der Waals surface area contributed by atoms with E-state index in [1.165, 1.54) is 16.9 Å². The minimum absolute atomic E-state index is 0.373. The van der Waals surface area contributed by atoms with Crippen molar-refractivity contribution in [3.05, 3.63) is 62.9 Å². The van der Waals surface area contributed by atoms with Gasteiger partial charge in [0.05, 0.1) is 4.88 Å². The van der Waals surface area contributed by atoms with Crippen LogP contribution in [-0.4, -0.2) is 24.7 Å². The molecule has 0 radical (unpaired) electrons. The Hall–Kier alpha value is -2.04. The lowest BCUT2D eigenvalue weighted by Crippen LogP contribution is -2.24. The molecule has 3 nitrogen and oxygen atoms in total. The quantitative estimate of drug-likeness (QED) is 0.759. The number of benzene rings is 1. The predicted molar refractivity (Wildman–Crippen MR) is 87.5 cm³/mol. The number of rotatable bonds is 0. The fourth-order valence-corrected chi connectivity index (χ4v) is 4.15. The van der Waals surface area contributed by atoms with E-state index in [1.54, 1.807) is 6.07 Å². The number of carbonyl (C=O) groups excluding carboxylic acids is 2. The zero-order valence-corrected chi connectivity index (χ0v) is 12.8. The fraction of sp³-hybridized carbons (Fsp3) is 0.222. The molecule has 110 valence electrons. The van der Waals surface area contributed by atoms with Gasteiger partial charge in [0.1, 0.15) is 0 Å². The van der Waals surface area contributed by atoms with Crippen LogP contribution >= 0.6 is 11.3 Å². The Morgan fingerprint density at radius 1 is 0.864 bits per heavy atom. The summed E-state index contributed by atoms with van der Waals surface area (Å²) >= 11 is 1.37. The van der Waals surface area contributed by atoms with Crippen LogP contribution in [0.15, 0.2) is 41.3 Å². The van der Waals surface area contributed by atoms with Crippen LogP contribution in [0.1, 0.15) is 44.0 Å². The highest BCUT2D eigenvalue weighted by atomic mass is 32.1. The molecular weight excluding hydrogens is 294 g/mol. The van der Waals surface area contributed by atoms with Gasteiger partial charge in [0.25, 0.3) is 0 Å². The van der Waals surface area contributed by atoms with Crippen LogP contribution in [-0.2, 0) is 0 Å². The second-order valence-electron chi connectivity index (χ2n) is 5.60. The lowest BCUT2D eigenvalue weighted by atomic mass is 9.88. The zero-order chi connectivity index (χ0) is 15.1. The summed E-state index contributed by atoms with van der Waals surface area (Å²) in [5.41, 5.74) is 4.83. The third-order valence-corrected chi connectivity index (χ3v) is 5.26. The summed E-state index contributed by atoms with van der Waals surface area (Å²) in [6.07, 6.45) is 1.92. The van der Waals surface area contributed by atoms with E-state index in [0.29, 0.717) is 10.4 Å². The molecule has 1 saturated heterocycles. The first-order valence-electron chi connectivity index (χ1n) is 7.46. The van der Waals surface area contributed by atoms with E-state index >= 15 is 0 Å². The number of nitrogens with one attached hydrogen (secondary N) is 1. The van der Waals surface area contributed by atoms with Crippen molar-refractivity contribution in [2.75, 3.05) is 13.1 Å². The Bertz CT molecular complexity index is 808. The summed E-state index contributed by atoms with van der Waals surface area (Å²) in [4.78, 5) is 25.6. The second kappa shape index (κ2) is 5.30. The largest absolute Gasteiger partial charge is 0.316 e. The molecule has 0 spiro atoms. The fourth-order valence-electron chi connectivity index (χ4n) is 3.31. The lowest BCUT2D eigenvalue weighted by molar-refractivity contribution is 0.0819. The van der Waals surface area contributed by atoms with E-state index in [9.17, 15) is 9.59 Å². The molecule has 0 saturated carbocycles. The molecule has 1 N–H and O–H groups in total. The van der Waals surface area contributed by atoms with E-state index in [2.05, 4.69) is 5.32 Å². The Labute approximate surface area is 132 Å². The lowest BCUT2D eigenvalue weighted by Gasteiger charge is -2.21. The molecule has 4 rings (SSSR count). The Kier molecular flexibility index (Phi) is 3.28. The Balaban J connectivity index is 2.06. The number of thiophene rings is 1. The summed E-state index contributed by atoms with van der Waals surface area (Å²) in [6, 6.07) is 9.49. The smallest absolute Gasteiger partial charge is 0.244 e. The minimum Gasteiger partial charge on any atom is -0.316 e. The van der Waals surface area contributed by atoms with Crippen LogP contribution in [0.25, 0.3) is 5.57 Å². The first-order valence-corrected chi connectivity index (χ1v) is 8.34. The van der Waals surface area contributed by atoms with E-state index < -0.39 is 0 Å². The number of hydrogen-bond acceptors (Lipinski definition) is 4. The second-order valence-corrected chi connectivity index (χ2v) is 6.51. The molecule has 1 aromatic carbocycles. The zero-order valence-electron chi connectivity index (χ0n) is 12.0. The van der Waals surface area contributed by atoms with Gasteiger partial charge in [-0.25, -0.2) is 0 Å². The molecule has 0 amide bonds. The SMILES string of the molecule is O=C1C(=O)c2sccc2C(=C2CCNCC2)c2ccccc21. The number of carbonyl (C=O) groups is 2. The van der Waals surface area contributed by atoms with Crippen molar-refractivity contribution in [3.63, 3.8) is 0 Å². The van der Waals surface area contributed by atoms with E-state index in [1.807, 2.05) is 29.6 Å². The average Bonchev–Trinajstić information content (AvgIpc) is 3.01. The summed E-state index contributed by atoms with van der Waals surface area (Å²) in [5, 5.41) is 5.27. The van der Waals surface area contributed by atoms with Gasteiger partial charge in [-0.15, -0.1) is 11.3 Å². The molecule has 0 unspecified atom stereocenters.